The number of hydrogen-bond acceptors (Lipinski definition) is 5. The van der Waals surface area contributed by atoms with E-state index in [0.717, 1.165) is 33.3 Å². The van der Waals surface area contributed by atoms with Gasteiger partial charge in [-0.1, -0.05) is 60.7 Å². The SMILES string of the molecule is O=C(O)c1ccc(OCCc2c(CCO)c3cc([N+](=O)[O-])ccc3n2C(c2ccccc2)c2ccccc2)cc1. The minimum absolute atomic E-state index is 0.0128. The molecular formula is C32H28N2O6. The van der Waals surface area contributed by atoms with E-state index >= 15 is 0 Å². The lowest BCUT2D eigenvalue weighted by molar-refractivity contribution is -0.384. The average molecular weight is 537 g/mol. The van der Waals surface area contributed by atoms with Crippen molar-refractivity contribution in [2.45, 2.75) is 18.9 Å². The molecule has 4 aromatic carbocycles. The van der Waals surface area contributed by atoms with Gasteiger partial charge in [0, 0.05) is 41.8 Å². The minimum atomic E-state index is -1.01. The number of aliphatic hydroxyl groups excluding tert-OH is 1. The summed E-state index contributed by atoms with van der Waals surface area (Å²) in [5, 5.41) is 31.6. The molecule has 8 nitrogen and oxygen atoms in total. The predicted molar refractivity (Wildman–Crippen MR) is 152 cm³/mol. The highest BCUT2D eigenvalue weighted by Crippen LogP contribution is 2.38. The lowest BCUT2D eigenvalue weighted by Gasteiger charge is -2.25. The number of nitro benzene ring substituents is 1. The van der Waals surface area contributed by atoms with Crippen LogP contribution in [0.5, 0.6) is 5.75 Å². The van der Waals surface area contributed by atoms with Crippen LogP contribution in [0.25, 0.3) is 10.9 Å². The smallest absolute Gasteiger partial charge is 0.335 e. The molecule has 0 saturated carbocycles. The fourth-order valence-electron chi connectivity index (χ4n) is 5.21. The van der Waals surface area contributed by atoms with Gasteiger partial charge in [-0.25, -0.2) is 4.79 Å². The quantitative estimate of drug-likeness (QED) is 0.157. The first-order valence-electron chi connectivity index (χ1n) is 12.9. The summed E-state index contributed by atoms with van der Waals surface area (Å²) in [5.74, 6) is -0.471. The molecule has 2 N–H and O–H groups in total. The molecule has 0 radical (unpaired) electrons. The van der Waals surface area contributed by atoms with Crippen molar-refractivity contribution in [3.8, 4) is 5.75 Å². The predicted octanol–water partition coefficient (Wildman–Crippen LogP) is 6.04. The lowest BCUT2D eigenvalue weighted by atomic mass is 9.97. The molecule has 5 rings (SSSR count). The van der Waals surface area contributed by atoms with Gasteiger partial charge in [-0.2, -0.15) is 0 Å². The van der Waals surface area contributed by atoms with E-state index in [4.69, 9.17) is 9.84 Å². The molecule has 0 saturated heterocycles. The lowest BCUT2D eigenvalue weighted by Crippen LogP contribution is -2.17. The van der Waals surface area contributed by atoms with E-state index in [9.17, 15) is 20.0 Å². The Morgan fingerprint density at radius 2 is 1.50 bits per heavy atom. The van der Waals surface area contributed by atoms with Crippen molar-refractivity contribution >= 4 is 22.6 Å². The van der Waals surface area contributed by atoms with Crippen LogP contribution < -0.4 is 4.74 Å². The van der Waals surface area contributed by atoms with Gasteiger partial charge in [-0.3, -0.25) is 10.1 Å². The molecule has 1 aromatic heterocycles. The molecule has 0 unspecified atom stereocenters. The molecule has 40 heavy (non-hydrogen) atoms. The van der Waals surface area contributed by atoms with Gasteiger partial charge in [0.15, 0.2) is 0 Å². The molecule has 0 amide bonds. The minimum Gasteiger partial charge on any atom is -0.493 e. The van der Waals surface area contributed by atoms with Gasteiger partial charge in [0.25, 0.3) is 5.69 Å². The molecule has 0 aliphatic rings. The number of aromatic nitrogens is 1. The number of fused-ring (bicyclic) bond motifs is 1. The maximum absolute atomic E-state index is 11.7. The third-order valence-corrected chi connectivity index (χ3v) is 6.97. The number of aliphatic hydroxyl groups is 1. The second-order valence-electron chi connectivity index (χ2n) is 9.38. The number of carboxylic acids is 1. The maximum atomic E-state index is 11.7. The molecule has 0 fully saturated rings. The molecule has 0 atom stereocenters. The Balaban J connectivity index is 1.65. The van der Waals surface area contributed by atoms with E-state index in [1.54, 1.807) is 24.3 Å². The van der Waals surface area contributed by atoms with Crippen molar-refractivity contribution in [1.82, 2.24) is 4.57 Å². The topological polar surface area (TPSA) is 115 Å². The van der Waals surface area contributed by atoms with Gasteiger partial charge >= 0.3 is 5.97 Å². The average Bonchev–Trinajstić information content (AvgIpc) is 3.27. The van der Waals surface area contributed by atoms with Crippen LogP contribution in [0.2, 0.25) is 0 Å². The van der Waals surface area contributed by atoms with Crippen molar-refractivity contribution in [2.75, 3.05) is 13.2 Å². The van der Waals surface area contributed by atoms with Crippen LogP contribution in [0, 0.1) is 10.1 Å². The van der Waals surface area contributed by atoms with E-state index < -0.39 is 10.9 Å². The van der Waals surface area contributed by atoms with Crippen LogP contribution in [0.3, 0.4) is 0 Å². The zero-order chi connectivity index (χ0) is 28.1. The zero-order valence-electron chi connectivity index (χ0n) is 21.6. The van der Waals surface area contributed by atoms with E-state index in [1.807, 2.05) is 36.4 Å². The van der Waals surface area contributed by atoms with Crippen LogP contribution in [-0.2, 0) is 12.8 Å². The second kappa shape index (κ2) is 11.8. The van der Waals surface area contributed by atoms with Gasteiger partial charge in [0.05, 0.1) is 23.1 Å². The van der Waals surface area contributed by atoms with E-state index in [2.05, 4.69) is 28.8 Å². The monoisotopic (exact) mass is 536 g/mol. The molecule has 0 spiro atoms. The number of non-ortho nitro benzene ring substituents is 1. The van der Waals surface area contributed by atoms with E-state index in [1.165, 1.54) is 18.2 Å². The molecule has 1 heterocycles. The van der Waals surface area contributed by atoms with Crippen LogP contribution in [0.4, 0.5) is 5.69 Å². The summed E-state index contributed by atoms with van der Waals surface area (Å²) < 4.78 is 8.20. The number of rotatable bonds is 11. The molecule has 202 valence electrons. The third kappa shape index (κ3) is 5.43. The summed E-state index contributed by atoms with van der Waals surface area (Å²) in [6.45, 7) is 0.160. The molecule has 0 bridgehead atoms. The summed E-state index contributed by atoms with van der Waals surface area (Å²) >= 11 is 0. The van der Waals surface area contributed by atoms with Crippen molar-refractivity contribution in [2.24, 2.45) is 0 Å². The summed E-state index contributed by atoms with van der Waals surface area (Å²) in [6.07, 6.45) is 0.776. The Hall–Kier alpha value is -4.95. The zero-order valence-corrected chi connectivity index (χ0v) is 21.6. The Bertz CT molecular complexity index is 1590. The number of hydrogen-bond donors (Lipinski definition) is 2. The van der Waals surface area contributed by atoms with Gasteiger partial charge in [-0.15, -0.1) is 0 Å². The normalized spacial score (nSPS) is 11.2. The highest BCUT2D eigenvalue weighted by Gasteiger charge is 2.26. The van der Waals surface area contributed by atoms with Crippen LogP contribution in [-0.4, -0.2) is 38.9 Å². The number of ether oxygens (including phenoxy) is 1. The van der Waals surface area contributed by atoms with Crippen LogP contribution in [0.1, 0.15) is 38.8 Å². The van der Waals surface area contributed by atoms with Crippen molar-refractivity contribution in [3.05, 3.63) is 141 Å². The van der Waals surface area contributed by atoms with Crippen LogP contribution in [0.15, 0.2) is 103 Å². The highest BCUT2D eigenvalue weighted by atomic mass is 16.6. The number of carboxylic acid groups (broad SMARTS) is 1. The second-order valence-corrected chi connectivity index (χ2v) is 9.38. The fourth-order valence-corrected chi connectivity index (χ4v) is 5.21. The Kier molecular flexibility index (Phi) is 7.89. The van der Waals surface area contributed by atoms with Crippen molar-refractivity contribution in [3.63, 3.8) is 0 Å². The largest absolute Gasteiger partial charge is 0.493 e. The molecule has 5 aromatic rings. The number of nitrogens with zero attached hydrogens (tertiary/aromatic N) is 2. The van der Waals surface area contributed by atoms with Gasteiger partial charge in [0.1, 0.15) is 5.75 Å². The maximum Gasteiger partial charge on any atom is 0.335 e. The van der Waals surface area contributed by atoms with Crippen molar-refractivity contribution < 1.29 is 24.7 Å². The summed E-state index contributed by atoms with van der Waals surface area (Å²) in [4.78, 5) is 22.5. The number of aromatic carboxylic acids is 1. The van der Waals surface area contributed by atoms with E-state index in [0.29, 0.717) is 18.6 Å². The van der Waals surface area contributed by atoms with Gasteiger partial charge < -0.3 is 19.5 Å². The Morgan fingerprint density at radius 1 is 0.875 bits per heavy atom. The number of carbonyl (C=O) groups is 1. The molecular weight excluding hydrogens is 508 g/mol. The fraction of sp³-hybridized carbons (Fsp3) is 0.156. The highest BCUT2D eigenvalue weighted by molar-refractivity contribution is 5.88. The molecule has 8 heteroatoms. The molecule has 0 aliphatic heterocycles. The first-order valence-corrected chi connectivity index (χ1v) is 12.9. The number of nitro groups is 1. The molecule has 0 aliphatic carbocycles. The summed E-state index contributed by atoms with van der Waals surface area (Å²) in [6, 6.07) is 31.0. The van der Waals surface area contributed by atoms with E-state index in [-0.39, 0.29) is 30.5 Å². The van der Waals surface area contributed by atoms with Crippen LogP contribution >= 0.6 is 0 Å². The summed E-state index contributed by atoms with van der Waals surface area (Å²) in [7, 11) is 0. The Labute approximate surface area is 230 Å². The first kappa shape index (κ1) is 26.6. The third-order valence-electron chi connectivity index (χ3n) is 6.97. The standard InChI is InChI=1S/C32H28N2O6/c35-19-17-27-28-21-25(34(38)39)13-16-29(28)33(30(27)18-20-40-26-14-11-24(12-15-26)32(36)37)31(22-7-3-1-4-8-22)23-9-5-2-6-10-23/h1-16,21,31,35H,17-20H2,(H,36,37). The Morgan fingerprint density at radius 3 is 2.05 bits per heavy atom. The first-order chi connectivity index (χ1) is 19.5. The van der Waals surface area contributed by atoms with Gasteiger partial charge in [-0.05, 0) is 53.4 Å². The number of benzene rings is 4. The van der Waals surface area contributed by atoms with Gasteiger partial charge in [0.2, 0.25) is 0 Å². The summed E-state index contributed by atoms with van der Waals surface area (Å²) in [5.41, 5.74) is 4.82. The van der Waals surface area contributed by atoms with Crippen molar-refractivity contribution in [1.29, 1.82) is 0 Å².